The number of carbonyl (C=O) groups is 2. The molecule has 0 aliphatic rings. The average molecular weight is 376 g/mol. The molecule has 0 heterocycles. The molecule has 3 aromatic rings. The molecular formula is C23H20O5. The topological polar surface area (TPSA) is 72.8 Å². The first-order chi connectivity index (χ1) is 13.6. The van der Waals surface area contributed by atoms with Crippen LogP contribution in [0.2, 0.25) is 0 Å². The van der Waals surface area contributed by atoms with Crippen molar-refractivity contribution >= 4 is 11.9 Å². The smallest absolute Gasteiger partial charge is 0.348 e. The summed E-state index contributed by atoms with van der Waals surface area (Å²) >= 11 is 0. The molecule has 0 unspecified atom stereocenters. The number of rotatable bonds is 6. The molecule has 0 amide bonds. The summed E-state index contributed by atoms with van der Waals surface area (Å²) in [5, 5.41) is 11.3. The zero-order valence-electron chi connectivity index (χ0n) is 15.4. The first-order valence-electron chi connectivity index (χ1n) is 8.73. The van der Waals surface area contributed by atoms with E-state index >= 15 is 0 Å². The Morgan fingerprint density at radius 1 is 0.821 bits per heavy atom. The molecule has 142 valence electrons. The number of hydrogen-bond donors (Lipinski definition) is 1. The molecule has 0 aliphatic carbocycles. The lowest BCUT2D eigenvalue weighted by molar-refractivity contribution is -0.163. The van der Waals surface area contributed by atoms with Crippen LogP contribution in [0.25, 0.3) is 0 Å². The molecule has 5 heteroatoms. The van der Waals surface area contributed by atoms with Crippen molar-refractivity contribution in [3.8, 4) is 0 Å². The van der Waals surface area contributed by atoms with Crippen LogP contribution in [0, 0.1) is 0 Å². The van der Waals surface area contributed by atoms with Gasteiger partial charge in [-0.05, 0) is 28.8 Å². The first-order valence-corrected chi connectivity index (χ1v) is 8.73. The van der Waals surface area contributed by atoms with E-state index < -0.39 is 17.5 Å². The number of benzene rings is 3. The molecule has 3 rings (SSSR count). The number of esters is 2. The molecular weight excluding hydrogens is 356 g/mol. The Labute approximate surface area is 163 Å². The van der Waals surface area contributed by atoms with Gasteiger partial charge in [0.15, 0.2) is 0 Å². The molecule has 0 radical (unpaired) electrons. The second-order valence-electron chi connectivity index (χ2n) is 6.21. The van der Waals surface area contributed by atoms with Gasteiger partial charge in [-0.3, -0.25) is 0 Å². The standard InChI is InChI=1S/C23H20O5/c1-27-21(24)18-14-12-17(13-15-18)16-28-22(25)23(26,19-8-4-2-5-9-19)20-10-6-3-7-11-20/h2-15,26H,16H2,1H3. The third-order valence-corrected chi connectivity index (χ3v) is 4.42. The van der Waals surface area contributed by atoms with Crippen molar-refractivity contribution in [3.05, 3.63) is 107 Å². The van der Waals surface area contributed by atoms with Crippen LogP contribution in [0.5, 0.6) is 0 Å². The van der Waals surface area contributed by atoms with Crippen LogP contribution in [-0.2, 0) is 26.5 Å². The minimum Gasteiger partial charge on any atom is -0.465 e. The lowest BCUT2D eigenvalue weighted by Crippen LogP contribution is -2.38. The van der Waals surface area contributed by atoms with Crippen LogP contribution in [0.3, 0.4) is 0 Å². The van der Waals surface area contributed by atoms with Gasteiger partial charge in [-0.15, -0.1) is 0 Å². The molecule has 28 heavy (non-hydrogen) atoms. The molecule has 0 fully saturated rings. The molecule has 0 saturated carbocycles. The summed E-state index contributed by atoms with van der Waals surface area (Å²) in [5.41, 5.74) is 0.0145. The zero-order valence-corrected chi connectivity index (χ0v) is 15.4. The SMILES string of the molecule is COC(=O)c1ccc(COC(=O)C(O)(c2ccccc2)c2ccccc2)cc1. The predicted octanol–water partition coefficient (Wildman–Crippen LogP) is 3.45. The van der Waals surface area contributed by atoms with Crippen molar-refractivity contribution in [2.24, 2.45) is 0 Å². The Bertz CT molecular complexity index is 894. The Morgan fingerprint density at radius 2 is 1.32 bits per heavy atom. The maximum Gasteiger partial charge on any atom is 0.348 e. The maximum absolute atomic E-state index is 12.9. The van der Waals surface area contributed by atoms with Crippen LogP contribution in [-0.4, -0.2) is 24.2 Å². The predicted molar refractivity (Wildman–Crippen MR) is 103 cm³/mol. The highest BCUT2D eigenvalue weighted by Gasteiger charge is 2.41. The molecule has 0 aliphatic heterocycles. The minimum absolute atomic E-state index is 0.0394. The molecule has 5 nitrogen and oxygen atoms in total. The fraction of sp³-hybridized carbons (Fsp3) is 0.130. The van der Waals surface area contributed by atoms with Gasteiger partial charge >= 0.3 is 11.9 Å². The Hall–Kier alpha value is -3.44. The zero-order chi connectivity index (χ0) is 20.0. The summed E-state index contributed by atoms with van der Waals surface area (Å²) in [6, 6.07) is 23.9. The van der Waals surface area contributed by atoms with Gasteiger partial charge in [0.1, 0.15) is 6.61 Å². The molecule has 0 saturated heterocycles. The Kier molecular flexibility index (Phi) is 5.87. The van der Waals surface area contributed by atoms with Crippen LogP contribution in [0.4, 0.5) is 0 Å². The van der Waals surface area contributed by atoms with E-state index in [2.05, 4.69) is 4.74 Å². The fourth-order valence-corrected chi connectivity index (χ4v) is 2.87. The van der Waals surface area contributed by atoms with Gasteiger partial charge in [0.25, 0.3) is 0 Å². The van der Waals surface area contributed by atoms with Crippen molar-refractivity contribution in [1.29, 1.82) is 0 Å². The van der Waals surface area contributed by atoms with E-state index in [4.69, 9.17) is 4.74 Å². The van der Waals surface area contributed by atoms with Gasteiger partial charge in [-0.1, -0.05) is 72.8 Å². The van der Waals surface area contributed by atoms with E-state index in [0.29, 0.717) is 22.3 Å². The summed E-state index contributed by atoms with van der Waals surface area (Å²) in [7, 11) is 1.31. The molecule has 0 atom stereocenters. The highest BCUT2D eigenvalue weighted by molar-refractivity contribution is 5.89. The molecule has 0 spiro atoms. The normalized spacial score (nSPS) is 10.9. The van der Waals surface area contributed by atoms with E-state index in [0.717, 1.165) is 0 Å². The second kappa shape index (κ2) is 8.50. The van der Waals surface area contributed by atoms with Crippen molar-refractivity contribution in [3.63, 3.8) is 0 Å². The first kappa shape index (κ1) is 19.3. The van der Waals surface area contributed by atoms with Gasteiger partial charge < -0.3 is 14.6 Å². The summed E-state index contributed by atoms with van der Waals surface area (Å²) in [4.78, 5) is 24.4. The summed E-state index contributed by atoms with van der Waals surface area (Å²) in [6.45, 7) is -0.0394. The lowest BCUT2D eigenvalue weighted by atomic mass is 9.86. The molecule has 1 N–H and O–H groups in total. The Morgan fingerprint density at radius 3 is 1.79 bits per heavy atom. The van der Waals surface area contributed by atoms with Crippen molar-refractivity contribution in [2.75, 3.05) is 7.11 Å². The summed E-state index contributed by atoms with van der Waals surface area (Å²) in [5.74, 6) is -1.21. The van der Waals surface area contributed by atoms with Crippen molar-refractivity contribution in [2.45, 2.75) is 12.2 Å². The number of ether oxygens (including phenoxy) is 2. The number of aliphatic hydroxyl groups is 1. The molecule has 0 bridgehead atoms. The summed E-state index contributed by atoms with van der Waals surface area (Å²) < 4.78 is 10.1. The quantitative estimate of drug-likeness (QED) is 0.667. The van der Waals surface area contributed by atoms with E-state index in [1.54, 1.807) is 72.8 Å². The average Bonchev–Trinajstić information content (AvgIpc) is 2.77. The minimum atomic E-state index is -1.92. The van der Waals surface area contributed by atoms with Crippen LogP contribution >= 0.6 is 0 Å². The van der Waals surface area contributed by atoms with Crippen molar-refractivity contribution in [1.82, 2.24) is 0 Å². The summed E-state index contributed by atoms with van der Waals surface area (Å²) in [6.07, 6.45) is 0. The number of methoxy groups -OCH3 is 1. The van der Waals surface area contributed by atoms with Gasteiger partial charge in [0.2, 0.25) is 5.60 Å². The molecule has 0 aromatic heterocycles. The van der Waals surface area contributed by atoms with Gasteiger partial charge in [-0.25, -0.2) is 9.59 Å². The molecule has 3 aromatic carbocycles. The maximum atomic E-state index is 12.9. The largest absolute Gasteiger partial charge is 0.465 e. The Balaban J connectivity index is 1.82. The lowest BCUT2D eigenvalue weighted by Gasteiger charge is -2.27. The highest BCUT2D eigenvalue weighted by atomic mass is 16.5. The van der Waals surface area contributed by atoms with E-state index in [9.17, 15) is 14.7 Å². The fourth-order valence-electron chi connectivity index (χ4n) is 2.87. The number of carbonyl (C=O) groups excluding carboxylic acids is 2. The van der Waals surface area contributed by atoms with Crippen LogP contribution in [0.1, 0.15) is 27.0 Å². The van der Waals surface area contributed by atoms with Gasteiger partial charge in [0.05, 0.1) is 12.7 Å². The number of hydrogen-bond acceptors (Lipinski definition) is 5. The third kappa shape index (κ3) is 3.94. The third-order valence-electron chi connectivity index (χ3n) is 4.42. The highest BCUT2D eigenvalue weighted by Crippen LogP contribution is 2.31. The van der Waals surface area contributed by atoms with Crippen LogP contribution in [0.15, 0.2) is 84.9 Å². The second-order valence-corrected chi connectivity index (χ2v) is 6.21. The van der Waals surface area contributed by atoms with E-state index in [-0.39, 0.29) is 6.61 Å². The van der Waals surface area contributed by atoms with Gasteiger partial charge in [0, 0.05) is 0 Å². The van der Waals surface area contributed by atoms with Crippen molar-refractivity contribution < 1.29 is 24.2 Å². The van der Waals surface area contributed by atoms with Crippen LogP contribution < -0.4 is 0 Å². The monoisotopic (exact) mass is 376 g/mol. The van der Waals surface area contributed by atoms with E-state index in [1.807, 2.05) is 12.1 Å². The van der Waals surface area contributed by atoms with E-state index in [1.165, 1.54) is 7.11 Å². The van der Waals surface area contributed by atoms with Gasteiger partial charge in [-0.2, -0.15) is 0 Å².